The first-order valence-corrected chi connectivity index (χ1v) is 19.6. The summed E-state index contributed by atoms with van der Waals surface area (Å²) < 4.78 is 37.6. The Labute approximate surface area is 321 Å². The van der Waals surface area contributed by atoms with Crippen molar-refractivity contribution in [3.8, 4) is 34.5 Å². The zero-order valence-electron chi connectivity index (χ0n) is 30.7. The van der Waals surface area contributed by atoms with Crippen LogP contribution in [0, 0.1) is 0 Å². The zero-order chi connectivity index (χ0) is 37.7. The van der Waals surface area contributed by atoms with Crippen LogP contribution in [0.15, 0.2) is 170 Å². The van der Waals surface area contributed by atoms with Crippen LogP contribution in [0.4, 0.5) is 0 Å². The number of para-hydroxylation sites is 4. The molecule has 6 aromatic rings. The van der Waals surface area contributed by atoms with Crippen molar-refractivity contribution in [2.45, 2.75) is 36.9 Å². The second kappa shape index (κ2) is 18.3. The largest absolute Gasteiger partial charge is 0.489 e. The van der Waals surface area contributed by atoms with Gasteiger partial charge in [-0.05, 0) is 90.8 Å². The van der Waals surface area contributed by atoms with Gasteiger partial charge in [0.2, 0.25) is 5.34 Å². The Balaban J connectivity index is 1.12. The first kappa shape index (κ1) is 38.7. The molecular formula is C45H46O7P2. The van der Waals surface area contributed by atoms with Crippen LogP contribution >= 0.6 is 17.6 Å². The monoisotopic (exact) mass is 760 g/mol. The normalized spacial score (nSPS) is 13.9. The van der Waals surface area contributed by atoms with Gasteiger partial charge in [-0.3, -0.25) is 0 Å². The maximum absolute atomic E-state index is 10.7. The summed E-state index contributed by atoms with van der Waals surface area (Å²) in [6, 6.07) is 54.6. The van der Waals surface area contributed by atoms with E-state index < -0.39 is 10.7 Å². The first-order chi connectivity index (χ1) is 26.2. The molecule has 0 aliphatic carbocycles. The SMILES string of the molecule is CC(COc1ccccc1)(Oc1ccccc1)POc1ccc(C(C)(C)c2ccc(OC(CO)(COc3ccccc3)POc3ccccc3)cc2)cc1. The number of aliphatic hydroxyl groups is 1. The Morgan fingerprint density at radius 3 is 1.31 bits per heavy atom. The van der Waals surface area contributed by atoms with Gasteiger partial charge in [-0.1, -0.05) is 111 Å². The second-order valence-electron chi connectivity index (χ2n) is 13.5. The minimum Gasteiger partial charge on any atom is -0.489 e. The van der Waals surface area contributed by atoms with Crippen LogP contribution in [0.5, 0.6) is 34.5 Å². The number of aliphatic hydroxyl groups excluding tert-OH is 1. The summed E-state index contributed by atoms with van der Waals surface area (Å²) >= 11 is 0. The molecule has 0 saturated carbocycles. The maximum Gasteiger partial charge on any atom is 0.216 e. The van der Waals surface area contributed by atoms with E-state index in [2.05, 4.69) is 38.1 Å². The van der Waals surface area contributed by atoms with E-state index in [1.165, 1.54) is 0 Å². The van der Waals surface area contributed by atoms with Gasteiger partial charge >= 0.3 is 0 Å². The van der Waals surface area contributed by atoms with Crippen LogP contribution < -0.4 is 28.0 Å². The average Bonchev–Trinajstić information content (AvgIpc) is 3.22. The number of hydrogen-bond acceptors (Lipinski definition) is 7. The molecule has 6 rings (SSSR count). The van der Waals surface area contributed by atoms with Crippen molar-refractivity contribution in [2.75, 3.05) is 19.8 Å². The zero-order valence-corrected chi connectivity index (χ0v) is 32.7. The van der Waals surface area contributed by atoms with Crippen LogP contribution in [0.25, 0.3) is 0 Å². The van der Waals surface area contributed by atoms with E-state index in [4.69, 9.17) is 28.0 Å². The molecule has 0 amide bonds. The summed E-state index contributed by atoms with van der Waals surface area (Å²) in [6.45, 7) is 6.49. The van der Waals surface area contributed by atoms with Gasteiger partial charge in [0.15, 0.2) is 5.34 Å². The molecule has 4 atom stereocenters. The van der Waals surface area contributed by atoms with Crippen molar-refractivity contribution in [3.05, 3.63) is 181 Å². The number of ether oxygens (including phenoxy) is 4. The molecule has 9 heteroatoms. The third-order valence-corrected chi connectivity index (χ3v) is 10.9. The highest BCUT2D eigenvalue weighted by Crippen LogP contribution is 2.40. The van der Waals surface area contributed by atoms with Crippen molar-refractivity contribution in [2.24, 2.45) is 0 Å². The highest BCUT2D eigenvalue weighted by atomic mass is 31.1. The summed E-state index contributed by atoms with van der Waals surface area (Å²) in [5, 5.41) is 8.81. The molecule has 0 heterocycles. The molecule has 0 saturated heterocycles. The van der Waals surface area contributed by atoms with E-state index in [-0.39, 0.29) is 36.2 Å². The molecule has 4 unspecified atom stereocenters. The van der Waals surface area contributed by atoms with Crippen LogP contribution in [0.2, 0.25) is 0 Å². The molecule has 0 aliphatic heterocycles. The highest BCUT2D eigenvalue weighted by molar-refractivity contribution is 7.34. The second-order valence-corrected chi connectivity index (χ2v) is 16.3. The molecule has 0 fully saturated rings. The lowest BCUT2D eigenvalue weighted by Gasteiger charge is -2.32. The number of rotatable bonds is 19. The van der Waals surface area contributed by atoms with Gasteiger partial charge < -0.3 is 33.1 Å². The van der Waals surface area contributed by atoms with Gasteiger partial charge in [-0.15, -0.1) is 0 Å². The van der Waals surface area contributed by atoms with Crippen molar-refractivity contribution in [3.63, 3.8) is 0 Å². The highest BCUT2D eigenvalue weighted by Gasteiger charge is 2.36. The fourth-order valence-electron chi connectivity index (χ4n) is 5.55. The Morgan fingerprint density at radius 2 is 0.815 bits per heavy atom. The molecule has 54 heavy (non-hydrogen) atoms. The topological polar surface area (TPSA) is 75.6 Å². The Morgan fingerprint density at radius 1 is 0.426 bits per heavy atom. The minimum absolute atomic E-state index is 0.0330. The lowest BCUT2D eigenvalue weighted by atomic mass is 9.78. The fourth-order valence-corrected chi connectivity index (χ4v) is 7.11. The summed E-state index contributed by atoms with van der Waals surface area (Å²) in [5.74, 6) is 4.26. The standard InChI is InChI=1S/C45H46O7P2/c1-43(2,36-26-30-42(31-27-36)51-53-44(3,49-39-20-12-6-13-21-39)33-47-37-16-8-4-9-17-37)35-24-28-40(29-25-35)50-45(32-46,34-48-38-18-10-5-11-19-38)54-52-41-22-14-7-15-23-41/h4-31,46,53-54H,32-34H2,1-3H3. The van der Waals surface area contributed by atoms with Gasteiger partial charge in [0.05, 0.1) is 6.61 Å². The van der Waals surface area contributed by atoms with E-state index >= 15 is 0 Å². The van der Waals surface area contributed by atoms with Gasteiger partial charge in [-0.25, -0.2) is 0 Å². The predicted octanol–water partition coefficient (Wildman–Crippen LogP) is 10.7. The van der Waals surface area contributed by atoms with E-state index in [1.807, 2.05) is 153 Å². The van der Waals surface area contributed by atoms with Crippen LogP contribution in [0.3, 0.4) is 0 Å². The summed E-state index contributed by atoms with van der Waals surface area (Å²) in [6.07, 6.45) is 0. The van der Waals surface area contributed by atoms with Gasteiger partial charge in [-0.2, -0.15) is 0 Å². The quantitative estimate of drug-likeness (QED) is 0.0824. The minimum atomic E-state index is -1.13. The summed E-state index contributed by atoms with van der Waals surface area (Å²) in [5.41, 5.74) is 1.91. The third-order valence-electron chi connectivity index (χ3n) is 8.76. The van der Waals surface area contributed by atoms with Crippen molar-refractivity contribution in [1.29, 1.82) is 0 Å². The van der Waals surface area contributed by atoms with Crippen LogP contribution in [-0.4, -0.2) is 35.6 Å². The van der Waals surface area contributed by atoms with E-state index in [1.54, 1.807) is 0 Å². The van der Waals surface area contributed by atoms with Gasteiger partial charge in [0.25, 0.3) is 0 Å². The molecule has 278 valence electrons. The van der Waals surface area contributed by atoms with Crippen molar-refractivity contribution >= 4 is 17.6 Å². The molecule has 1 N–H and O–H groups in total. The molecule has 0 radical (unpaired) electrons. The Kier molecular flexibility index (Phi) is 13.1. The molecular weight excluding hydrogens is 714 g/mol. The fraction of sp³-hybridized carbons (Fsp3) is 0.200. The summed E-state index contributed by atoms with van der Waals surface area (Å²) in [7, 11) is -0.264. The first-order valence-electron chi connectivity index (χ1n) is 17.8. The maximum atomic E-state index is 10.7. The molecule has 7 nitrogen and oxygen atoms in total. The lowest BCUT2D eigenvalue weighted by Crippen LogP contribution is -2.42. The molecule has 6 aromatic carbocycles. The van der Waals surface area contributed by atoms with Crippen LogP contribution in [-0.2, 0) is 5.41 Å². The molecule has 0 aliphatic rings. The Bertz CT molecular complexity index is 1940. The van der Waals surface area contributed by atoms with Gasteiger partial charge in [0, 0.05) is 5.41 Å². The van der Waals surface area contributed by atoms with Crippen molar-refractivity contribution < 1.29 is 33.1 Å². The smallest absolute Gasteiger partial charge is 0.216 e. The number of benzene rings is 6. The van der Waals surface area contributed by atoms with E-state index in [0.717, 1.165) is 28.4 Å². The van der Waals surface area contributed by atoms with Gasteiger partial charge in [0.1, 0.15) is 65.3 Å². The molecule has 0 spiro atoms. The number of hydrogen-bond donors (Lipinski definition) is 1. The van der Waals surface area contributed by atoms with E-state index in [0.29, 0.717) is 23.9 Å². The summed E-state index contributed by atoms with van der Waals surface area (Å²) in [4.78, 5) is 0. The third kappa shape index (κ3) is 10.8. The van der Waals surface area contributed by atoms with E-state index in [9.17, 15) is 5.11 Å². The molecule has 0 aromatic heterocycles. The van der Waals surface area contributed by atoms with Crippen LogP contribution in [0.1, 0.15) is 31.9 Å². The predicted molar refractivity (Wildman–Crippen MR) is 219 cm³/mol. The molecule has 0 bridgehead atoms. The average molecular weight is 761 g/mol. The van der Waals surface area contributed by atoms with Crippen molar-refractivity contribution in [1.82, 2.24) is 0 Å². The lowest BCUT2D eigenvalue weighted by molar-refractivity contribution is 0.0378. The Hall–Kier alpha value is -5.06.